The molecule has 0 saturated carbocycles. The summed E-state index contributed by atoms with van der Waals surface area (Å²) in [6.45, 7) is 3.98. The summed E-state index contributed by atoms with van der Waals surface area (Å²) >= 11 is 0. The summed E-state index contributed by atoms with van der Waals surface area (Å²) < 4.78 is 14.6. The zero-order valence-electron chi connectivity index (χ0n) is 14.4. The molecule has 24 heavy (non-hydrogen) atoms. The van der Waals surface area contributed by atoms with Gasteiger partial charge in [-0.2, -0.15) is 0 Å². The van der Waals surface area contributed by atoms with Crippen LogP contribution in [0.4, 0.5) is 0 Å². The SMILES string of the molecule is CC(=O)OCCCCC(CCC(COC(C)=O)OC(C)=O)C(=O)O. The van der Waals surface area contributed by atoms with Crippen molar-refractivity contribution in [3.05, 3.63) is 0 Å². The highest BCUT2D eigenvalue weighted by atomic mass is 16.6. The van der Waals surface area contributed by atoms with Gasteiger partial charge in [0.2, 0.25) is 0 Å². The third-order valence-electron chi connectivity index (χ3n) is 3.24. The van der Waals surface area contributed by atoms with Gasteiger partial charge in [-0.15, -0.1) is 0 Å². The summed E-state index contributed by atoms with van der Waals surface area (Å²) in [5, 5.41) is 9.25. The molecule has 138 valence electrons. The number of carbonyl (C=O) groups is 4. The van der Waals surface area contributed by atoms with Gasteiger partial charge in [-0.25, -0.2) is 0 Å². The molecule has 1 N–H and O–H groups in total. The van der Waals surface area contributed by atoms with Crippen LogP contribution in [0.3, 0.4) is 0 Å². The number of carboxylic acid groups (broad SMARTS) is 1. The van der Waals surface area contributed by atoms with E-state index in [1.165, 1.54) is 20.8 Å². The van der Waals surface area contributed by atoms with Crippen molar-refractivity contribution < 1.29 is 38.5 Å². The van der Waals surface area contributed by atoms with E-state index in [-0.39, 0.29) is 25.6 Å². The van der Waals surface area contributed by atoms with Crippen LogP contribution in [-0.4, -0.2) is 48.3 Å². The van der Waals surface area contributed by atoms with Crippen molar-refractivity contribution in [3.63, 3.8) is 0 Å². The quantitative estimate of drug-likeness (QED) is 0.322. The molecular weight excluding hydrogens is 320 g/mol. The second kappa shape index (κ2) is 12.3. The Morgan fingerprint density at radius 1 is 0.833 bits per heavy atom. The lowest BCUT2D eigenvalue weighted by Crippen LogP contribution is -2.26. The minimum absolute atomic E-state index is 0.0896. The maximum absolute atomic E-state index is 11.3. The molecule has 0 aliphatic rings. The van der Waals surface area contributed by atoms with Crippen molar-refractivity contribution in [1.29, 1.82) is 0 Å². The molecule has 0 aromatic heterocycles. The van der Waals surface area contributed by atoms with E-state index in [1.807, 2.05) is 0 Å². The van der Waals surface area contributed by atoms with Crippen LogP contribution in [-0.2, 0) is 33.4 Å². The maximum atomic E-state index is 11.3. The van der Waals surface area contributed by atoms with Crippen LogP contribution < -0.4 is 0 Å². The lowest BCUT2D eigenvalue weighted by atomic mass is 9.95. The van der Waals surface area contributed by atoms with Gasteiger partial charge in [0.25, 0.3) is 0 Å². The van der Waals surface area contributed by atoms with E-state index in [2.05, 4.69) is 0 Å². The minimum Gasteiger partial charge on any atom is -0.481 e. The lowest BCUT2D eigenvalue weighted by Gasteiger charge is -2.19. The first-order valence-corrected chi connectivity index (χ1v) is 7.89. The molecular formula is C16H26O8. The molecule has 8 nitrogen and oxygen atoms in total. The number of aliphatic carboxylic acids is 1. The molecule has 0 aromatic rings. The molecule has 0 spiro atoms. The molecule has 2 unspecified atom stereocenters. The standard InChI is InChI=1S/C16H26O8/c1-11(17)22-9-5-4-6-14(16(20)21)7-8-15(24-13(3)19)10-23-12(2)18/h14-15H,4-10H2,1-3H3,(H,20,21). The molecule has 0 amide bonds. The van der Waals surface area contributed by atoms with Crippen LogP contribution in [0.15, 0.2) is 0 Å². The Balaban J connectivity index is 4.29. The normalized spacial score (nSPS) is 12.8. The summed E-state index contributed by atoms with van der Waals surface area (Å²) in [4.78, 5) is 43.8. The van der Waals surface area contributed by atoms with Crippen LogP contribution in [0.5, 0.6) is 0 Å². The van der Waals surface area contributed by atoms with Crippen molar-refractivity contribution in [2.75, 3.05) is 13.2 Å². The summed E-state index contributed by atoms with van der Waals surface area (Å²) in [7, 11) is 0. The van der Waals surface area contributed by atoms with Gasteiger partial charge >= 0.3 is 23.9 Å². The molecule has 2 atom stereocenters. The van der Waals surface area contributed by atoms with Crippen LogP contribution in [0.1, 0.15) is 52.9 Å². The highest BCUT2D eigenvalue weighted by Crippen LogP contribution is 2.18. The fraction of sp³-hybridized carbons (Fsp3) is 0.750. The van der Waals surface area contributed by atoms with Gasteiger partial charge in [0, 0.05) is 20.8 Å². The smallest absolute Gasteiger partial charge is 0.306 e. The molecule has 0 saturated heterocycles. The average molecular weight is 346 g/mol. The van der Waals surface area contributed by atoms with Gasteiger partial charge in [0.05, 0.1) is 12.5 Å². The van der Waals surface area contributed by atoms with E-state index >= 15 is 0 Å². The zero-order valence-corrected chi connectivity index (χ0v) is 14.4. The first kappa shape index (κ1) is 21.9. The second-order valence-electron chi connectivity index (χ2n) is 5.48. The number of unbranched alkanes of at least 4 members (excludes halogenated alkanes) is 1. The van der Waals surface area contributed by atoms with Gasteiger partial charge < -0.3 is 19.3 Å². The Morgan fingerprint density at radius 3 is 1.96 bits per heavy atom. The first-order chi connectivity index (χ1) is 11.2. The Kier molecular flexibility index (Phi) is 11.2. The highest BCUT2D eigenvalue weighted by molar-refractivity contribution is 5.70. The molecule has 0 aromatic carbocycles. The number of esters is 3. The van der Waals surface area contributed by atoms with E-state index in [4.69, 9.17) is 14.2 Å². The molecule has 0 fully saturated rings. The van der Waals surface area contributed by atoms with Crippen LogP contribution in [0.2, 0.25) is 0 Å². The molecule has 8 heteroatoms. The van der Waals surface area contributed by atoms with Crippen molar-refractivity contribution in [1.82, 2.24) is 0 Å². The largest absolute Gasteiger partial charge is 0.481 e. The number of carbonyl (C=O) groups excluding carboxylic acids is 3. The second-order valence-corrected chi connectivity index (χ2v) is 5.48. The number of ether oxygens (including phenoxy) is 3. The molecule has 0 heterocycles. The number of rotatable bonds is 12. The number of hydrogen-bond donors (Lipinski definition) is 1. The van der Waals surface area contributed by atoms with E-state index in [1.54, 1.807) is 0 Å². The third kappa shape index (κ3) is 12.4. The Morgan fingerprint density at radius 2 is 1.46 bits per heavy atom. The van der Waals surface area contributed by atoms with Gasteiger partial charge in [-0.1, -0.05) is 0 Å². The summed E-state index contributed by atoms with van der Waals surface area (Å²) in [5.74, 6) is -2.90. The van der Waals surface area contributed by atoms with E-state index < -0.39 is 29.9 Å². The van der Waals surface area contributed by atoms with E-state index in [9.17, 15) is 24.3 Å². The monoisotopic (exact) mass is 346 g/mol. The highest BCUT2D eigenvalue weighted by Gasteiger charge is 2.21. The third-order valence-corrected chi connectivity index (χ3v) is 3.24. The average Bonchev–Trinajstić information content (AvgIpc) is 2.45. The van der Waals surface area contributed by atoms with Crippen molar-refractivity contribution in [2.24, 2.45) is 5.92 Å². The first-order valence-electron chi connectivity index (χ1n) is 7.89. The Labute approximate surface area is 141 Å². The zero-order chi connectivity index (χ0) is 18.5. The minimum atomic E-state index is -0.934. The van der Waals surface area contributed by atoms with Crippen molar-refractivity contribution in [2.45, 2.75) is 59.0 Å². The maximum Gasteiger partial charge on any atom is 0.306 e. The molecule has 0 bridgehead atoms. The predicted molar refractivity (Wildman–Crippen MR) is 83.0 cm³/mol. The van der Waals surface area contributed by atoms with E-state index in [0.717, 1.165) is 0 Å². The van der Waals surface area contributed by atoms with E-state index in [0.29, 0.717) is 25.7 Å². The Bertz CT molecular complexity index is 432. The molecule has 0 aliphatic heterocycles. The fourth-order valence-electron chi connectivity index (χ4n) is 2.11. The van der Waals surface area contributed by atoms with Crippen LogP contribution >= 0.6 is 0 Å². The van der Waals surface area contributed by atoms with Crippen molar-refractivity contribution in [3.8, 4) is 0 Å². The van der Waals surface area contributed by atoms with Gasteiger partial charge in [0.15, 0.2) is 0 Å². The topological polar surface area (TPSA) is 116 Å². The molecule has 0 rings (SSSR count). The van der Waals surface area contributed by atoms with Gasteiger partial charge in [-0.05, 0) is 32.1 Å². The Hall–Kier alpha value is -2.12. The molecule has 0 radical (unpaired) electrons. The van der Waals surface area contributed by atoms with Crippen LogP contribution in [0, 0.1) is 5.92 Å². The van der Waals surface area contributed by atoms with Gasteiger partial charge in [0.1, 0.15) is 12.7 Å². The summed E-state index contributed by atoms with van der Waals surface area (Å²) in [6.07, 6.45) is 1.54. The summed E-state index contributed by atoms with van der Waals surface area (Å²) in [6, 6.07) is 0. The summed E-state index contributed by atoms with van der Waals surface area (Å²) in [5.41, 5.74) is 0. The van der Waals surface area contributed by atoms with Crippen LogP contribution in [0.25, 0.3) is 0 Å². The van der Waals surface area contributed by atoms with Crippen molar-refractivity contribution >= 4 is 23.9 Å². The number of hydrogen-bond acceptors (Lipinski definition) is 7. The van der Waals surface area contributed by atoms with Gasteiger partial charge in [-0.3, -0.25) is 19.2 Å². The molecule has 0 aliphatic carbocycles. The lowest BCUT2D eigenvalue weighted by molar-refractivity contribution is -0.157. The number of carboxylic acids is 1. The fourth-order valence-corrected chi connectivity index (χ4v) is 2.11. The predicted octanol–water partition coefficient (Wildman–Crippen LogP) is 1.70.